The Labute approximate surface area is 184 Å². The molecule has 0 aliphatic heterocycles. The third kappa shape index (κ3) is 6.30. The molecule has 174 valence electrons. The lowest BCUT2D eigenvalue weighted by Crippen LogP contribution is -2.29. The summed E-state index contributed by atoms with van der Waals surface area (Å²) in [5, 5.41) is 12.5. The van der Waals surface area contributed by atoms with Crippen molar-refractivity contribution in [1.82, 2.24) is 0 Å². The van der Waals surface area contributed by atoms with Gasteiger partial charge in [-0.25, -0.2) is 8.42 Å². The monoisotopic (exact) mass is 470 g/mol. The number of carbonyl (C=O) groups excluding carboxylic acids is 1. The van der Waals surface area contributed by atoms with E-state index in [0.29, 0.717) is 6.92 Å². The summed E-state index contributed by atoms with van der Waals surface area (Å²) in [5.74, 6) is -0.868. The SMILES string of the molecule is CCOc1cc(NC(=O)C(O)C2CC2)ccc1S(=O)(=O)Nc1cccc(OC(C)(F)F)c1. The zero-order chi connectivity index (χ0) is 23.5. The fourth-order valence-corrected chi connectivity index (χ4v) is 4.14. The molecule has 3 N–H and O–H groups in total. The van der Waals surface area contributed by atoms with E-state index in [1.807, 2.05) is 0 Å². The molecule has 8 nitrogen and oxygen atoms in total. The van der Waals surface area contributed by atoms with Crippen LogP contribution in [0.15, 0.2) is 47.4 Å². The minimum atomic E-state index is -4.17. The van der Waals surface area contributed by atoms with Crippen LogP contribution in [0.4, 0.5) is 20.2 Å². The highest BCUT2D eigenvalue weighted by Crippen LogP contribution is 2.34. The minimum Gasteiger partial charge on any atom is -0.492 e. The summed E-state index contributed by atoms with van der Waals surface area (Å²) in [6.45, 7) is 2.39. The zero-order valence-electron chi connectivity index (χ0n) is 17.5. The van der Waals surface area contributed by atoms with E-state index in [-0.39, 0.29) is 40.3 Å². The average Bonchev–Trinajstić information content (AvgIpc) is 3.51. The minimum absolute atomic E-state index is 0.0131. The number of alkyl halides is 2. The predicted molar refractivity (Wildman–Crippen MR) is 113 cm³/mol. The summed E-state index contributed by atoms with van der Waals surface area (Å²) in [6, 6.07) is 9.10. The van der Waals surface area contributed by atoms with Crippen LogP contribution in [0.2, 0.25) is 0 Å². The third-order valence-electron chi connectivity index (χ3n) is 4.52. The lowest BCUT2D eigenvalue weighted by molar-refractivity contribution is -0.158. The highest BCUT2D eigenvalue weighted by molar-refractivity contribution is 7.92. The van der Waals surface area contributed by atoms with Gasteiger partial charge in [-0.05, 0) is 49.9 Å². The van der Waals surface area contributed by atoms with Gasteiger partial charge in [-0.3, -0.25) is 9.52 Å². The van der Waals surface area contributed by atoms with Gasteiger partial charge in [0.15, 0.2) is 0 Å². The van der Waals surface area contributed by atoms with E-state index in [9.17, 15) is 27.1 Å². The molecule has 2 aromatic carbocycles. The molecule has 3 rings (SSSR count). The first kappa shape index (κ1) is 23.7. The van der Waals surface area contributed by atoms with E-state index in [1.54, 1.807) is 6.92 Å². The van der Waals surface area contributed by atoms with Crippen molar-refractivity contribution < 1.29 is 36.6 Å². The van der Waals surface area contributed by atoms with Crippen LogP contribution in [-0.2, 0) is 14.8 Å². The highest BCUT2D eigenvalue weighted by Gasteiger charge is 2.34. The molecule has 1 amide bonds. The molecular formula is C21H24F2N2O6S. The Kier molecular flexibility index (Phi) is 6.89. The van der Waals surface area contributed by atoms with Crippen molar-refractivity contribution in [3.8, 4) is 11.5 Å². The summed E-state index contributed by atoms with van der Waals surface area (Å²) in [6.07, 6.45) is -2.99. The number of benzene rings is 2. The molecule has 0 radical (unpaired) electrons. The van der Waals surface area contributed by atoms with Crippen molar-refractivity contribution in [3.63, 3.8) is 0 Å². The van der Waals surface area contributed by atoms with Crippen LogP contribution in [0.3, 0.4) is 0 Å². The lowest BCUT2D eigenvalue weighted by Gasteiger charge is -2.16. The van der Waals surface area contributed by atoms with Gasteiger partial charge in [0, 0.05) is 24.7 Å². The molecule has 0 saturated heterocycles. The Bertz CT molecular complexity index is 1080. The summed E-state index contributed by atoms with van der Waals surface area (Å²) >= 11 is 0. The molecule has 32 heavy (non-hydrogen) atoms. The maximum atomic E-state index is 13.1. The molecule has 1 aliphatic carbocycles. The Balaban J connectivity index is 1.82. The van der Waals surface area contributed by atoms with Crippen LogP contribution in [0, 0.1) is 5.92 Å². The Morgan fingerprint density at radius 2 is 1.94 bits per heavy atom. The van der Waals surface area contributed by atoms with Crippen molar-refractivity contribution in [2.45, 2.75) is 43.8 Å². The first-order valence-electron chi connectivity index (χ1n) is 9.94. The molecule has 1 fully saturated rings. The van der Waals surface area contributed by atoms with Crippen molar-refractivity contribution >= 4 is 27.3 Å². The fraction of sp³-hybridized carbons (Fsp3) is 0.381. The van der Waals surface area contributed by atoms with Gasteiger partial charge >= 0.3 is 6.11 Å². The number of aliphatic hydroxyl groups excluding tert-OH is 1. The predicted octanol–water partition coefficient (Wildman–Crippen LogP) is 3.59. The molecule has 11 heteroatoms. The van der Waals surface area contributed by atoms with Gasteiger partial charge in [0.05, 0.1) is 12.3 Å². The number of ether oxygens (including phenoxy) is 2. The molecule has 0 aromatic heterocycles. The Hall–Kier alpha value is -2.92. The van der Waals surface area contributed by atoms with Gasteiger partial charge in [0.2, 0.25) is 0 Å². The number of anilines is 2. The number of sulfonamides is 1. The maximum Gasteiger partial charge on any atom is 0.394 e. The van der Waals surface area contributed by atoms with Crippen LogP contribution in [0.5, 0.6) is 11.5 Å². The smallest absolute Gasteiger partial charge is 0.394 e. The van der Waals surface area contributed by atoms with E-state index < -0.39 is 28.1 Å². The van der Waals surface area contributed by atoms with Crippen molar-refractivity contribution in [3.05, 3.63) is 42.5 Å². The molecule has 1 atom stereocenters. The van der Waals surface area contributed by atoms with Gasteiger partial charge in [-0.15, -0.1) is 0 Å². The largest absolute Gasteiger partial charge is 0.492 e. The van der Waals surface area contributed by atoms with E-state index in [1.165, 1.54) is 36.4 Å². The quantitative estimate of drug-likeness (QED) is 0.489. The van der Waals surface area contributed by atoms with Gasteiger partial charge in [0.1, 0.15) is 22.5 Å². The summed E-state index contributed by atoms with van der Waals surface area (Å²) < 4.78 is 64.2. The molecule has 1 unspecified atom stereocenters. The molecule has 2 aromatic rings. The van der Waals surface area contributed by atoms with Crippen LogP contribution in [-0.4, -0.2) is 38.3 Å². The van der Waals surface area contributed by atoms with Gasteiger partial charge in [0.25, 0.3) is 15.9 Å². The highest BCUT2D eigenvalue weighted by atomic mass is 32.2. The topological polar surface area (TPSA) is 114 Å². The summed E-state index contributed by atoms with van der Waals surface area (Å²) in [5.41, 5.74) is 0.275. The van der Waals surface area contributed by atoms with E-state index in [2.05, 4.69) is 14.8 Å². The number of aliphatic hydroxyl groups is 1. The molecule has 0 heterocycles. The normalized spacial score (nSPS) is 15.0. The van der Waals surface area contributed by atoms with Crippen molar-refractivity contribution in [1.29, 1.82) is 0 Å². The number of carbonyl (C=O) groups is 1. The standard InChI is InChI=1S/C21H24F2N2O6S/c1-3-30-17-12-14(24-20(27)19(26)13-7-8-13)9-10-18(17)32(28,29)25-15-5-4-6-16(11-15)31-21(2,22)23/h4-6,9-13,19,25-26H,3,7-8H2,1-2H3,(H,24,27). The second-order valence-electron chi connectivity index (χ2n) is 7.41. The molecule has 0 bridgehead atoms. The van der Waals surface area contributed by atoms with Crippen LogP contribution in [0.25, 0.3) is 0 Å². The van der Waals surface area contributed by atoms with E-state index in [0.717, 1.165) is 18.9 Å². The maximum absolute atomic E-state index is 13.1. The Morgan fingerprint density at radius 3 is 2.56 bits per heavy atom. The van der Waals surface area contributed by atoms with Gasteiger partial charge in [-0.2, -0.15) is 8.78 Å². The molecular weight excluding hydrogens is 446 g/mol. The summed E-state index contributed by atoms with van der Waals surface area (Å²) in [7, 11) is -4.17. The number of nitrogens with one attached hydrogen (secondary N) is 2. The second-order valence-corrected chi connectivity index (χ2v) is 9.06. The fourth-order valence-electron chi connectivity index (χ4n) is 2.96. The van der Waals surface area contributed by atoms with E-state index >= 15 is 0 Å². The number of halogens is 2. The average molecular weight is 470 g/mol. The molecule has 0 spiro atoms. The van der Waals surface area contributed by atoms with Crippen molar-refractivity contribution in [2.75, 3.05) is 16.6 Å². The van der Waals surface area contributed by atoms with Crippen molar-refractivity contribution in [2.24, 2.45) is 5.92 Å². The van der Waals surface area contributed by atoms with Crippen LogP contribution >= 0.6 is 0 Å². The first-order chi connectivity index (χ1) is 15.0. The zero-order valence-corrected chi connectivity index (χ0v) is 18.3. The number of hydrogen-bond donors (Lipinski definition) is 3. The number of hydrogen-bond acceptors (Lipinski definition) is 6. The molecule has 1 aliphatic rings. The third-order valence-corrected chi connectivity index (χ3v) is 5.94. The Morgan fingerprint density at radius 1 is 1.22 bits per heavy atom. The number of amides is 1. The van der Waals surface area contributed by atoms with Crippen LogP contribution < -0.4 is 19.5 Å². The lowest BCUT2D eigenvalue weighted by atomic mass is 10.2. The molecule has 1 saturated carbocycles. The first-order valence-corrected chi connectivity index (χ1v) is 11.4. The van der Waals surface area contributed by atoms with Gasteiger partial charge < -0.3 is 19.9 Å². The number of rotatable bonds is 10. The van der Waals surface area contributed by atoms with E-state index in [4.69, 9.17) is 4.74 Å². The second kappa shape index (κ2) is 9.29. The van der Waals surface area contributed by atoms with Crippen LogP contribution in [0.1, 0.15) is 26.7 Å². The van der Waals surface area contributed by atoms with Gasteiger partial charge in [-0.1, -0.05) is 6.07 Å². The summed E-state index contributed by atoms with van der Waals surface area (Å²) in [4.78, 5) is 11.9.